The van der Waals surface area contributed by atoms with Crippen molar-refractivity contribution in [1.29, 1.82) is 0 Å². The van der Waals surface area contributed by atoms with Crippen molar-refractivity contribution >= 4 is 17.5 Å². The van der Waals surface area contributed by atoms with Crippen LogP contribution in [0, 0.1) is 12.8 Å². The molecule has 1 saturated heterocycles. The molecule has 114 valence electrons. The first kappa shape index (κ1) is 14.5. The highest BCUT2D eigenvalue weighted by molar-refractivity contribution is 5.92. The van der Waals surface area contributed by atoms with Crippen molar-refractivity contribution in [2.75, 3.05) is 23.3 Å². The fourth-order valence-electron chi connectivity index (χ4n) is 2.68. The minimum Gasteiger partial charge on any atom is -0.341 e. The zero-order valence-electron chi connectivity index (χ0n) is 12.7. The summed E-state index contributed by atoms with van der Waals surface area (Å²) in [5.74, 6) is 0.915. The highest BCUT2D eigenvalue weighted by Crippen LogP contribution is 2.22. The Bertz CT molecular complexity index is 619. The topological polar surface area (TPSA) is 58.1 Å². The lowest BCUT2D eigenvalue weighted by Crippen LogP contribution is -2.39. The Morgan fingerprint density at radius 2 is 1.77 bits per heavy atom. The van der Waals surface area contributed by atoms with Gasteiger partial charge in [-0.15, -0.1) is 0 Å². The first-order valence-electron chi connectivity index (χ1n) is 7.62. The van der Waals surface area contributed by atoms with Crippen LogP contribution >= 0.6 is 0 Å². The molecule has 1 aliphatic rings. The molecule has 1 aromatic heterocycles. The molecule has 1 fully saturated rings. The molecule has 0 unspecified atom stereocenters. The minimum absolute atomic E-state index is 0.0567. The van der Waals surface area contributed by atoms with E-state index in [0.29, 0.717) is 0 Å². The Hall–Kier alpha value is -2.43. The van der Waals surface area contributed by atoms with E-state index in [-0.39, 0.29) is 11.8 Å². The number of benzene rings is 1. The van der Waals surface area contributed by atoms with Gasteiger partial charge in [-0.3, -0.25) is 4.79 Å². The number of hydrogen-bond donors (Lipinski definition) is 1. The van der Waals surface area contributed by atoms with Crippen molar-refractivity contribution in [1.82, 2.24) is 9.97 Å². The van der Waals surface area contributed by atoms with E-state index >= 15 is 0 Å². The van der Waals surface area contributed by atoms with Gasteiger partial charge in [0.1, 0.15) is 0 Å². The van der Waals surface area contributed by atoms with Gasteiger partial charge in [0.15, 0.2) is 0 Å². The van der Waals surface area contributed by atoms with Gasteiger partial charge in [0.25, 0.3) is 0 Å². The van der Waals surface area contributed by atoms with E-state index in [1.807, 2.05) is 37.3 Å². The van der Waals surface area contributed by atoms with Gasteiger partial charge in [-0.1, -0.05) is 17.7 Å². The van der Waals surface area contributed by atoms with Gasteiger partial charge in [-0.25, -0.2) is 9.97 Å². The first-order chi connectivity index (χ1) is 10.7. The first-order valence-corrected chi connectivity index (χ1v) is 7.62. The van der Waals surface area contributed by atoms with Crippen molar-refractivity contribution in [3.05, 3.63) is 48.3 Å². The van der Waals surface area contributed by atoms with Crippen LogP contribution in [0.4, 0.5) is 11.6 Å². The average Bonchev–Trinajstić information content (AvgIpc) is 2.58. The molecule has 0 bridgehead atoms. The molecule has 3 rings (SSSR count). The molecule has 1 amide bonds. The van der Waals surface area contributed by atoms with Crippen molar-refractivity contribution in [2.45, 2.75) is 19.8 Å². The number of aromatic nitrogens is 2. The maximum atomic E-state index is 12.3. The number of amides is 1. The minimum atomic E-state index is 0.0567. The molecule has 0 saturated carbocycles. The van der Waals surface area contributed by atoms with E-state index in [1.54, 1.807) is 12.4 Å². The summed E-state index contributed by atoms with van der Waals surface area (Å²) in [7, 11) is 0. The standard InChI is InChI=1S/C17H20N4O/c1-13-3-5-15(6-4-13)20-16(22)14-7-11-21(12-8-14)17-18-9-2-10-19-17/h2-6,9-10,14H,7-8,11-12H2,1H3,(H,20,22). The Labute approximate surface area is 130 Å². The lowest BCUT2D eigenvalue weighted by atomic mass is 9.96. The molecule has 2 heterocycles. The van der Waals surface area contributed by atoms with Crippen molar-refractivity contribution in [2.24, 2.45) is 5.92 Å². The summed E-state index contributed by atoms with van der Waals surface area (Å²) in [5, 5.41) is 3.00. The monoisotopic (exact) mass is 296 g/mol. The average molecular weight is 296 g/mol. The van der Waals surface area contributed by atoms with Gasteiger partial charge in [0.05, 0.1) is 0 Å². The summed E-state index contributed by atoms with van der Waals surface area (Å²) in [6.45, 7) is 3.67. The second-order valence-electron chi connectivity index (χ2n) is 5.67. The third-order valence-corrected chi connectivity index (χ3v) is 4.02. The highest BCUT2D eigenvalue weighted by Gasteiger charge is 2.26. The molecule has 0 radical (unpaired) electrons. The molecule has 0 aliphatic carbocycles. The van der Waals surface area contributed by atoms with Crippen LogP contribution in [-0.2, 0) is 4.79 Å². The smallest absolute Gasteiger partial charge is 0.227 e. The predicted octanol–water partition coefficient (Wildman–Crippen LogP) is 2.64. The molecule has 1 aromatic carbocycles. The maximum Gasteiger partial charge on any atom is 0.227 e. The number of rotatable bonds is 3. The number of anilines is 2. The van der Waals surface area contributed by atoms with E-state index in [1.165, 1.54) is 5.56 Å². The van der Waals surface area contributed by atoms with Gasteiger partial charge in [-0.05, 0) is 38.0 Å². The number of carbonyl (C=O) groups is 1. The second-order valence-corrected chi connectivity index (χ2v) is 5.67. The number of nitrogens with one attached hydrogen (secondary N) is 1. The number of carbonyl (C=O) groups excluding carboxylic acids is 1. The normalized spacial score (nSPS) is 15.6. The number of aryl methyl sites for hydroxylation is 1. The van der Waals surface area contributed by atoms with Crippen LogP contribution in [0.3, 0.4) is 0 Å². The zero-order valence-corrected chi connectivity index (χ0v) is 12.7. The molecule has 1 aliphatic heterocycles. The van der Waals surface area contributed by atoms with Gasteiger partial charge >= 0.3 is 0 Å². The highest BCUT2D eigenvalue weighted by atomic mass is 16.1. The Morgan fingerprint density at radius 3 is 2.41 bits per heavy atom. The summed E-state index contributed by atoms with van der Waals surface area (Å²) in [6, 6.07) is 9.71. The summed E-state index contributed by atoms with van der Waals surface area (Å²) in [5.41, 5.74) is 2.05. The van der Waals surface area contributed by atoms with E-state index in [4.69, 9.17) is 0 Å². The fraction of sp³-hybridized carbons (Fsp3) is 0.353. The Balaban J connectivity index is 1.54. The predicted molar refractivity (Wildman–Crippen MR) is 86.8 cm³/mol. The van der Waals surface area contributed by atoms with Crippen LogP contribution in [-0.4, -0.2) is 29.0 Å². The second kappa shape index (κ2) is 6.56. The van der Waals surface area contributed by atoms with Crippen LogP contribution in [0.2, 0.25) is 0 Å². The number of hydrogen-bond acceptors (Lipinski definition) is 4. The largest absolute Gasteiger partial charge is 0.341 e. The van der Waals surface area contributed by atoms with Crippen LogP contribution < -0.4 is 10.2 Å². The van der Waals surface area contributed by atoms with E-state index in [0.717, 1.165) is 37.6 Å². The Morgan fingerprint density at radius 1 is 1.14 bits per heavy atom. The van der Waals surface area contributed by atoms with E-state index < -0.39 is 0 Å². The van der Waals surface area contributed by atoms with E-state index in [2.05, 4.69) is 20.2 Å². The quantitative estimate of drug-likeness (QED) is 0.946. The lowest BCUT2D eigenvalue weighted by Gasteiger charge is -2.31. The van der Waals surface area contributed by atoms with Crippen molar-refractivity contribution < 1.29 is 4.79 Å². The summed E-state index contributed by atoms with van der Waals surface area (Å²) < 4.78 is 0. The summed E-state index contributed by atoms with van der Waals surface area (Å²) >= 11 is 0. The molecule has 1 N–H and O–H groups in total. The lowest BCUT2D eigenvalue weighted by molar-refractivity contribution is -0.120. The van der Waals surface area contributed by atoms with Gasteiger partial charge in [-0.2, -0.15) is 0 Å². The Kier molecular flexibility index (Phi) is 4.32. The van der Waals surface area contributed by atoms with Gasteiger partial charge in [0.2, 0.25) is 11.9 Å². The third-order valence-electron chi connectivity index (χ3n) is 4.02. The fourth-order valence-corrected chi connectivity index (χ4v) is 2.68. The number of nitrogens with zero attached hydrogens (tertiary/aromatic N) is 3. The van der Waals surface area contributed by atoms with Crippen molar-refractivity contribution in [3.8, 4) is 0 Å². The SMILES string of the molecule is Cc1ccc(NC(=O)C2CCN(c3ncccn3)CC2)cc1. The van der Waals surface area contributed by atoms with Crippen LogP contribution in [0.25, 0.3) is 0 Å². The molecular formula is C17H20N4O. The summed E-state index contributed by atoms with van der Waals surface area (Å²) in [4.78, 5) is 23.0. The number of piperidine rings is 1. The molecule has 22 heavy (non-hydrogen) atoms. The zero-order chi connectivity index (χ0) is 15.4. The van der Waals surface area contributed by atoms with Crippen LogP contribution in [0.1, 0.15) is 18.4 Å². The molecule has 0 atom stereocenters. The molecule has 5 nitrogen and oxygen atoms in total. The van der Waals surface area contributed by atoms with Gasteiger partial charge < -0.3 is 10.2 Å². The van der Waals surface area contributed by atoms with Crippen molar-refractivity contribution in [3.63, 3.8) is 0 Å². The molecule has 0 spiro atoms. The molecule has 5 heteroatoms. The molecular weight excluding hydrogens is 276 g/mol. The maximum absolute atomic E-state index is 12.3. The van der Waals surface area contributed by atoms with Gasteiger partial charge in [0, 0.05) is 37.1 Å². The summed E-state index contributed by atoms with van der Waals surface area (Å²) in [6.07, 6.45) is 5.16. The molecule has 2 aromatic rings. The van der Waals surface area contributed by atoms with Crippen LogP contribution in [0.5, 0.6) is 0 Å². The third kappa shape index (κ3) is 3.42. The van der Waals surface area contributed by atoms with Crippen LogP contribution in [0.15, 0.2) is 42.7 Å². The van der Waals surface area contributed by atoms with E-state index in [9.17, 15) is 4.79 Å².